The van der Waals surface area contributed by atoms with Crippen LogP contribution in [0.5, 0.6) is 0 Å². The molecule has 0 bridgehead atoms. The molecule has 9 unspecified atom stereocenters. The van der Waals surface area contributed by atoms with E-state index in [2.05, 4.69) is 41.5 Å². The Morgan fingerprint density at radius 3 is 2.10 bits per heavy atom. The van der Waals surface area contributed by atoms with Gasteiger partial charge in [0.05, 0.1) is 12.2 Å². The zero-order valence-corrected chi connectivity index (χ0v) is 19.7. The van der Waals surface area contributed by atoms with Crippen LogP contribution in [0, 0.1) is 58.2 Å². The molecule has 0 aromatic carbocycles. The first kappa shape index (κ1) is 20.5. The Kier molecular flexibility index (Phi) is 4.82. The molecule has 164 valence electrons. The molecule has 2 nitrogen and oxygen atoms in total. The van der Waals surface area contributed by atoms with E-state index < -0.39 is 0 Å². The zero-order valence-electron chi connectivity index (χ0n) is 19.7. The van der Waals surface area contributed by atoms with E-state index in [1.54, 1.807) is 0 Å². The first-order valence-electron chi connectivity index (χ1n) is 12.8. The molecule has 0 amide bonds. The van der Waals surface area contributed by atoms with Crippen LogP contribution in [0.25, 0.3) is 0 Å². The highest BCUT2D eigenvalue weighted by Gasteiger charge is 2.58. The fourth-order valence-electron chi connectivity index (χ4n) is 7.75. The van der Waals surface area contributed by atoms with Crippen LogP contribution in [0.4, 0.5) is 0 Å². The zero-order chi connectivity index (χ0) is 20.7. The van der Waals surface area contributed by atoms with E-state index in [4.69, 9.17) is 4.74 Å². The maximum Gasteiger partial charge on any atom is 0.142 e. The average molecular weight is 401 g/mol. The van der Waals surface area contributed by atoms with Gasteiger partial charge < -0.3 is 4.74 Å². The summed E-state index contributed by atoms with van der Waals surface area (Å²) in [4.78, 5) is 13.6. The van der Waals surface area contributed by atoms with Crippen molar-refractivity contribution in [2.45, 2.75) is 105 Å². The van der Waals surface area contributed by atoms with Crippen molar-refractivity contribution in [3.63, 3.8) is 0 Å². The van der Waals surface area contributed by atoms with Crippen LogP contribution >= 0.6 is 0 Å². The second-order valence-corrected chi connectivity index (χ2v) is 13.3. The molecule has 5 aliphatic rings. The molecular weight excluding hydrogens is 356 g/mol. The summed E-state index contributed by atoms with van der Waals surface area (Å²) in [6.07, 6.45) is 11.8. The van der Waals surface area contributed by atoms with Gasteiger partial charge >= 0.3 is 0 Å². The number of ketones is 1. The fourth-order valence-corrected chi connectivity index (χ4v) is 7.75. The summed E-state index contributed by atoms with van der Waals surface area (Å²) in [5.41, 5.74) is -0.214. The van der Waals surface area contributed by atoms with Gasteiger partial charge in [0.1, 0.15) is 5.78 Å². The number of hydrogen-bond donors (Lipinski definition) is 0. The van der Waals surface area contributed by atoms with E-state index >= 15 is 0 Å². The number of carbonyl (C=O) groups is 1. The van der Waals surface area contributed by atoms with Crippen molar-refractivity contribution in [1.82, 2.24) is 0 Å². The molecular formula is C27H44O2. The smallest absolute Gasteiger partial charge is 0.142 e. The molecule has 5 rings (SSSR count). The Hall–Kier alpha value is -0.370. The Labute approximate surface area is 178 Å². The number of hydrogen-bond acceptors (Lipinski definition) is 2. The van der Waals surface area contributed by atoms with Crippen LogP contribution < -0.4 is 0 Å². The molecule has 29 heavy (non-hydrogen) atoms. The summed E-state index contributed by atoms with van der Waals surface area (Å²) >= 11 is 0. The third kappa shape index (κ3) is 3.35. The van der Waals surface area contributed by atoms with Gasteiger partial charge in [0.15, 0.2) is 0 Å². The highest BCUT2D eigenvalue weighted by atomic mass is 16.5. The lowest BCUT2D eigenvalue weighted by Gasteiger charge is -2.44. The maximum absolute atomic E-state index is 13.6. The molecule has 4 aliphatic carbocycles. The van der Waals surface area contributed by atoms with Gasteiger partial charge in [-0.05, 0) is 98.2 Å². The van der Waals surface area contributed by atoms with Gasteiger partial charge in [-0.2, -0.15) is 0 Å². The van der Waals surface area contributed by atoms with Crippen molar-refractivity contribution in [2.75, 3.05) is 0 Å². The van der Waals surface area contributed by atoms with Crippen molar-refractivity contribution in [3.05, 3.63) is 0 Å². The molecule has 0 N–H and O–H groups in total. The molecule has 0 radical (unpaired) electrons. The van der Waals surface area contributed by atoms with Crippen LogP contribution in [0.2, 0.25) is 0 Å². The first-order valence-corrected chi connectivity index (χ1v) is 12.8. The Bertz CT molecular complexity index is 648. The minimum atomic E-state index is -0.229. The largest absolute Gasteiger partial charge is 0.374 e. The van der Waals surface area contributed by atoms with E-state index in [0.29, 0.717) is 35.7 Å². The average Bonchev–Trinajstić information content (AvgIpc) is 3.52. The van der Waals surface area contributed by atoms with Crippen LogP contribution in [0.3, 0.4) is 0 Å². The van der Waals surface area contributed by atoms with Crippen LogP contribution in [0.15, 0.2) is 0 Å². The lowest BCUT2D eigenvalue weighted by Crippen LogP contribution is -2.45. The van der Waals surface area contributed by atoms with Gasteiger partial charge in [0, 0.05) is 11.3 Å². The van der Waals surface area contributed by atoms with Gasteiger partial charge in [-0.1, -0.05) is 41.5 Å². The molecule has 9 atom stereocenters. The highest BCUT2D eigenvalue weighted by molar-refractivity contribution is 5.90. The lowest BCUT2D eigenvalue weighted by molar-refractivity contribution is -0.139. The molecule has 0 aromatic heterocycles. The maximum atomic E-state index is 13.6. The summed E-state index contributed by atoms with van der Waals surface area (Å²) in [5, 5.41) is 0. The van der Waals surface area contributed by atoms with E-state index in [9.17, 15) is 4.79 Å². The molecule has 5 fully saturated rings. The van der Waals surface area contributed by atoms with Gasteiger partial charge in [0.2, 0.25) is 0 Å². The van der Waals surface area contributed by atoms with Crippen LogP contribution in [-0.2, 0) is 9.53 Å². The number of carbonyl (C=O) groups excluding carboxylic acids is 1. The Morgan fingerprint density at radius 2 is 1.55 bits per heavy atom. The fraction of sp³-hybridized carbons (Fsp3) is 0.963. The minimum Gasteiger partial charge on any atom is -0.374 e. The lowest BCUT2D eigenvalue weighted by atomic mass is 9.58. The predicted molar refractivity (Wildman–Crippen MR) is 117 cm³/mol. The SMILES string of the molecule is CC(C)C(C)(C(=O)C1CC1CC1CC2CC2C(C2CC3CCC3C2)O1)C(C)(C)C. The normalized spacial score (nSPS) is 47.8. The van der Waals surface area contributed by atoms with Crippen molar-refractivity contribution in [2.24, 2.45) is 58.2 Å². The summed E-state index contributed by atoms with van der Waals surface area (Å²) < 4.78 is 6.82. The summed E-state index contributed by atoms with van der Waals surface area (Å²) in [6, 6.07) is 0. The molecule has 2 heteroatoms. The predicted octanol–water partition coefficient (Wildman–Crippen LogP) is 6.52. The molecule has 0 aromatic rings. The van der Waals surface area contributed by atoms with Crippen LogP contribution in [0.1, 0.15) is 92.9 Å². The number of Topliss-reactive ketones (excluding diaryl/α,β-unsaturated/α-hetero) is 1. The van der Waals surface area contributed by atoms with Crippen molar-refractivity contribution in [1.29, 1.82) is 0 Å². The molecule has 0 spiro atoms. The summed E-state index contributed by atoms with van der Waals surface area (Å²) in [7, 11) is 0. The summed E-state index contributed by atoms with van der Waals surface area (Å²) in [6.45, 7) is 13.4. The molecule has 4 saturated carbocycles. The minimum absolute atomic E-state index is 0.0148. The van der Waals surface area contributed by atoms with Crippen molar-refractivity contribution >= 4 is 5.78 Å². The Balaban J connectivity index is 1.19. The second kappa shape index (κ2) is 6.81. The van der Waals surface area contributed by atoms with Gasteiger partial charge in [-0.3, -0.25) is 4.79 Å². The molecule has 1 saturated heterocycles. The first-order chi connectivity index (χ1) is 13.6. The monoisotopic (exact) mass is 400 g/mol. The second-order valence-electron chi connectivity index (χ2n) is 13.3. The molecule has 1 heterocycles. The van der Waals surface area contributed by atoms with Crippen LogP contribution in [-0.4, -0.2) is 18.0 Å². The molecule has 1 aliphatic heterocycles. The van der Waals surface area contributed by atoms with E-state index in [-0.39, 0.29) is 10.8 Å². The van der Waals surface area contributed by atoms with E-state index in [1.165, 1.54) is 38.5 Å². The topological polar surface area (TPSA) is 26.3 Å². The van der Waals surface area contributed by atoms with Crippen molar-refractivity contribution < 1.29 is 9.53 Å². The highest BCUT2D eigenvalue weighted by Crippen LogP contribution is 2.60. The van der Waals surface area contributed by atoms with Gasteiger partial charge in [-0.15, -0.1) is 0 Å². The van der Waals surface area contributed by atoms with Gasteiger partial charge in [0.25, 0.3) is 0 Å². The third-order valence-corrected chi connectivity index (χ3v) is 10.6. The number of fused-ring (bicyclic) bond motifs is 2. The third-order valence-electron chi connectivity index (χ3n) is 10.6. The number of rotatable bonds is 6. The van der Waals surface area contributed by atoms with Gasteiger partial charge in [-0.25, -0.2) is 0 Å². The van der Waals surface area contributed by atoms with E-state index in [0.717, 1.165) is 42.4 Å². The number of ether oxygens (including phenoxy) is 1. The van der Waals surface area contributed by atoms with E-state index in [1.807, 2.05) is 0 Å². The summed E-state index contributed by atoms with van der Waals surface area (Å²) in [5.74, 6) is 6.57. The Morgan fingerprint density at radius 1 is 0.897 bits per heavy atom. The van der Waals surface area contributed by atoms with Crippen molar-refractivity contribution in [3.8, 4) is 0 Å². The quantitative estimate of drug-likeness (QED) is 0.507. The standard InChI is InChI=1S/C27H44O2/c1-15(2)27(6,26(3,4)5)25(28)23-14-19(23)12-21-11-18-13-22(18)24(29-21)20-9-16-7-8-17(16)10-20/h15-24H,7-14H2,1-6H3.